The number of methoxy groups -OCH3 is 1. The van der Waals surface area contributed by atoms with E-state index in [0.717, 1.165) is 25.7 Å². The Kier molecular flexibility index (Phi) is 4.98. The van der Waals surface area contributed by atoms with E-state index in [-0.39, 0.29) is 37.0 Å². The summed E-state index contributed by atoms with van der Waals surface area (Å²) in [5, 5.41) is 9.60. The average molecular weight is 260 g/mol. The summed E-state index contributed by atoms with van der Waals surface area (Å²) in [4.78, 5) is 0. The molecule has 0 unspecified atom stereocenters. The number of rotatable bonds is 3. The Labute approximate surface area is 108 Å². The van der Waals surface area contributed by atoms with E-state index in [0.29, 0.717) is 0 Å². The predicted octanol–water partition coefficient (Wildman–Crippen LogP) is 1.43. The van der Waals surface area contributed by atoms with Gasteiger partial charge in [0.25, 0.3) is 0 Å². The van der Waals surface area contributed by atoms with Crippen LogP contribution in [0.4, 0.5) is 0 Å². The van der Waals surface area contributed by atoms with E-state index in [1.807, 2.05) is 13.8 Å². The van der Waals surface area contributed by atoms with Gasteiger partial charge in [-0.3, -0.25) is 0 Å². The first kappa shape index (κ1) is 14.2. The topological polar surface area (TPSA) is 57.2 Å². The van der Waals surface area contributed by atoms with Crippen molar-refractivity contribution in [1.82, 2.24) is 0 Å². The van der Waals surface area contributed by atoms with Gasteiger partial charge in [-0.15, -0.1) is 0 Å². The zero-order valence-corrected chi connectivity index (χ0v) is 11.4. The minimum atomic E-state index is -0.372. The van der Waals surface area contributed by atoms with Crippen LogP contribution < -0.4 is 0 Å². The average Bonchev–Trinajstić information content (AvgIpc) is 2.36. The maximum absolute atomic E-state index is 9.60. The number of hydrogen-bond acceptors (Lipinski definition) is 5. The maximum Gasteiger partial charge on any atom is 0.158 e. The third-order valence-corrected chi connectivity index (χ3v) is 3.77. The van der Waals surface area contributed by atoms with Gasteiger partial charge in [0.2, 0.25) is 0 Å². The molecule has 0 aliphatic carbocycles. The zero-order valence-electron chi connectivity index (χ0n) is 11.4. The highest BCUT2D eigenvalue weighted by Crippen LogP contribution is 2.27. The summed E-state index contributed by atoms with van der Waals surface area (Å²) < 4.78 is 22.5. The van der Waals surface area contributed by atoms with Crippen LogP contribution in [0.1, 0.15) is 39.5 Å². The molecule has 0 radical (unpaired) electrons. The Bertz CT molecular complexity index is 260. The van der Waals surface area contributed by atoms with Gasteiger partial charge < -0.3 is 24.1 Å². The molecule has 0 saturated carbocycles. The molecule has 6 atom stereocenters. The molecule has 2 fully saturated rings. The lowest BCUT2D eigenvalue weighted by Gasteiger charge is -2.38. The lowest BCUT2D eigenvalue weighted by atomic mass is 10.0. The molecule has 0 bridgehead atoms. The van der Waals surface area contributed by atoms with Crippen molar-refractivity contribution in [3.05, 3.63) is 0 Å². The molecule has 0 aromatic carbocycles. The summed E-state index contributed by atoms with van der Waals surface area (Å²) in [7, 11) is 1.66. The first-order valence-corrected chi connectivity index (χ1v) is 6.77. The van der Waals surface area contributed by atoms with Gasteiger partial charge in [0, 0.05) is 20.0 Å². The van der Waals surface area contributed by atoms with Crippen LogP contribution in [0.15, 0.2) is 0 Å². The molecule has 2 aliphatic rings. The van der Waals surface area contributed by atoms with E-state index >= 15 is 0 Å². The van der Waals surface area contributed by atoms with E-state index < -0.39 is 0 Å². The molecule has 2 rings (SSSR count). The van der Waals surface area contributed by atoms with Crippen LogP contribution in [0, 0.1) is 0 Å². The molecule has 106 valence electrons. The number of hydrogen-bond donors (Lipinski definition) is 1. The Balaban J connectivity index is 1.79. The Morgan fingerprint density at radius 1 is 0.944 bits per heavy atom. The molecule has 2 heterocycles. The number of ether oxygens (including phenoxy) is 4. The Morgan fingerprint density at radius 3 is 2.22 bits per heavy atom. The van der Waals surface area contributed by atoms with Crippen LogP contribution in [-0.4, -0.2) is 49.2 Å². The van der Waals surface area contributed by atoms with Gasteiger partial charge in [0.1, 0.15) is 0 Å². The summed E-state index contributed by atoms with van der Waals surface area (Å²) >= 11 is 0. The maximum atomic E-state index is 9.60. The SMILES string of the molecule is CO[C@@H]1CC[C@H](O[C@H]2CC[C@H](O)[C@@H](C)O2)[C@@H](C)O1. The van der Waals surface area contributed by atoms with Crippen molar-refractivity contribution in [1.29, 1.82) is 0 Å². The second-order valence-electron chi connectivity index (χ2n) is 5.17. The van der Waals surface area contributed by atoms with Gasteiger partial charge in [-0.2, -0.15) is 0 Å². The van der Waals surface area contributed by atoms with Crippen molar-refractivity contribution in [3.8, 4) is 0 Å². The lowest BCUT2D eigenvalue weighted by Crippen LogP contribution is -2.45. The van der Waals surface area contributed by atoms with E-state index in [2.05, 4.69) is 0 Å². The predicted molar refractivity (Wildman–Crippen MR) is 65.0 cm³/mol. The summed E-state index contributed by atoms with van der Waals surface area (Å²) in [6.45, 7) is 3.87. The minimum absolute atomic E-state index is 0.00876. The molecule has 5 heteroatoms. The number of aliphatic hydroxyl groups is 1. The third-order valence-electron chi connectivity index (χ3n) is 3.77. The first-order chi connectivity index (χ1) is 8.60. The Morgan fingerprint density at radius 2 is 1.61 bits per heavy atom. The van der Waals surface area contributed by atoms with Gasteiger partial charge in [0.05, 0.1) is 24.4 Å². The van der Waals surface area contributed by atoms with Crippen molar-refractivity contribution in [2.75, 3.05) is 7.11 Å². The second-order valence-corrected chi connectivity index (χ2v) is 5.17. The highest BCUT2D eigenvalue weighted by atomic mass is 16.7. The first-order valence-electron chi connectivity index (χ1n) is 6.77. The standard InChI is InChI=1S/C13H24O5/c1-8-10(14)4-6-13(16-8)18-11-5-7-12(15-3)17-9(11)2/h8-14H,4-7H2,1-3H3/t8-,9-,10+,11+,12+,13+/m1/s1. The quantitative estimate of drug-likeness (QED) is 0.832. The monoisotopic (exact) mass is 260 g/mol. The van der Waals surface area contributed by atoms with Crippen molar-refractivity contribution >= 4 is 0 Å². The van der Waals surface area contributed by atoms with Gasteiger partial charge in [0.15, 0.2) is 12.6 Å². The van der Waals surface area contributed by atoms with Crippen LogP contribution in [0.25, 0.3) is 0 Å². The highest BCUT2D eigenvalue weighted by molar-refractivity contribution is 4.77. The molecule has 0 aromatic heterocycles. The molecule has 5 nitrogen and oxygen atoms in total. The smallest absolute Gasteiger partial charge is 0.158 e. The third kappa shape index (κ3) is 3.42. The van der Waals surface area contributed by atoms with Crippen LogP contribution in [0.5, 0.6) is 0 Å². The lowest BCUT2D eigenvalue weighted by molar-refractivity contribution is -0.278. The van der Waals surface area contributed by atoms with Crippen LogP contribution in [-0.2, 0) is 18.9 Å². The zero-order chi connectivity index (χ0) is 13.1. The normalized spacial score (nSPS) is 46.0. The van der Waals surface area contributed by atoms with E-state index in [9.17, 15) is 5.11 Å². The minimum Gasteiger partial charge on any atom is -0.390 e. The molecule has 18 heavy (non-hydrogen) atoms. The molecule has 0 spiro atoms. The molecule has 1 N–H and O–H groups in total. The van der Waals surface area contributed by atoms with Crippen LogP contribution in [0.3, 0.4) is 0 Å². The highest BCUT2D eigenvalue weighted by Gasteiger charge is 2.34. The van der Waals surface area contributed by atoms with Crippen molar-refractivity contribution in [2.45, 2.75) is 76.5 Å². The van der Waals surface area contributed by atoms with Crippen LogP contribution in [0.2, 0.25) is 0 Å². The van der Waals surface area contributed by atoms with Crippen molar-refractivity contribution in [2.24, 2.45) is 0 Å². The van der Waals surface area contributed by atoms with Gasteiger partial charge in [-0.25, -0.2) is 0 Å². The van der Waals surface area contributed by atoms with E-state index in [1.165, 1.54) is 0 Å². The fourth-order valence-electron chi connectivity index (χ4n) is 2.52. The van der Waals surface area contributed by atoms with E-state index in [4.69, 9.17) is 18.9 Å². The van der Waals surface area contributed by atoms with Gasteiger partial charge >= 0.3 is 0 Å². The summed E-state index contributed by atoms with van der Waals surface area (Å²) in [6.07, 6.45) is 2.41. The largest absolute Gasteiger partial charge is 0.390 e. The number of aliphatic hydroxyl groups excluding tert-OH is 1. The Hall–Kier alpha value is -0.200. The molecule has 2 aliphatic heterocycles. The molecule has 0 aromatic rings. The van der Waals surface area contributed by atoms with Gasteiger partial charge in [-0.05, 0) is 26.7 Å². The summed E-state index contributed by atoms with van der Waals surface area (Å²) in [5.74, 6) is 0. The fourth-order valence-corrected chi connectivity index (χ4v) is 2.52. The molecular formula is C13H24O5. The van der Waals surface area contributed by atoms with Gasteiger partial charge in [-0.1, -0.05) is 0 Å². The summed E-state index contributed by atoms with van der Waals surface area (Å²) in [5.41, 5.74) is 0. The fraction of sp³-hybridized carbons (Fsp3) is 1.00. The summed E-state index contributed by atoms with van der Waals surface area (Å²) in [6, 6.07) is 0. The van der Waals surface area contributed by atoms with Crippen LogP contribution >= 0.6 is 0 Å². The van der Waals surface area contributed by atoms with E-state index in [1.54, 1.807) is 7.11 Å². The molecule has 0 amide bonds. The second kappa shape index (κ2) is 6.30. The van der Waals surface area contributed by atoms with Crippen molar-refractivity contribution < 1.29 is 24.1 Å². The molecule has 2 saturated heterocycles. The van der Waals surface area contributed by atoms with Crippen molar-refractivity contribution in [3.63, 3.8) is 0 Å². The molecular weight excluding hydrogens is 236 g/mol.